The molecule has 1 saturated carbocycles. The molecule has 0 unspecified atom stereocenters. The minimum absolute atomic E-state index is 0.00828. The topological polar surface area (TPSA) is 50.4 Å². The molecule has 0 bridgehead atoms. The number of ether oxygens (including phenoxy) is 1. The van der Waals surface area contributed by atoms with E-state index in [1.54, 1.807) is 12.1 Å². The molecule has 2 fully saturated rings. The lowest BCUT2D eigenvalue weighted by Gasteiger charge is -2.36. The van der Waals surface area contributed by atoms with Crippen LogP contribution < -0.4 is 10.6 Å². The molecule has 0 atom stereocenters. The Bertz CT molecular complexity index is 808. The highest BCUT2D eigenvalue weighted by molar-refractivity contribution is 5.99. The number of carbonyl (C=O) groups is 1. The molecule has 5 heteroatoms. The van der Waals surface area contributed by atoms with Gasteiger partial charge in [-0.15, -0.1) is 0 Å². The smallest absolute Gasteiger partial charge is 0.235 e. The van der Waals surface area contributed by atoms with Gasteiger partial charge in [0, 0.05) is 30.6 Å². The van der Waals surface area contributed by atoms with Crippen molar-refractivity contribution in [3.8, 4) is 0 Å². The molecule has 0 aromatic heterocycles. The summed E-state index contributed by atoms with van der Waals surface area (Å²) in [5.74, 6) is -0.262. The zero-order valence-corrected chi connectivity index (χ0v) is 16.8. The highest BCUT2D eigenvalue weighted by Crippen LogP contribution is 2.40. The van der Waals surface area contributed by atoms with Crippen LogP contribution in [0.3, 0.4) is 0 Å². The predicted molar refractivity (Wildman–Crippen MR) is 114 cm³/mol. The van der Waals surface area contributed by atoms with Gasteiger partial charge in [-0.3, -0.25) is 4.79 Å². The molecule has 2 N–H and O–H groups in total. The van der Waals surface area contributed by atoms with Crippen LogP contribution in [0.4, 0.5) is 15.8 Å². The summed E-state index contributed by atoms with van der Waals surface area (Å²) in [6.07, 6.45) is 6.79. The predicted octanol–water partition coefficient (Wildman–Crippen LogP) is 5.26. The van der Waals surface area contributed by atoms with Crippen LogP contribution in [0.25, 0.3) is 0 Å². The third-order valence-corrected chi connectivity index (χ3v) is 6.27. The number of carbonyl (C=O) groups excluding carboxylic acids is 1. The second kappa shape index (κ2) is 8.95. The van der Waals surface area contributed by atoms with Gasteiger partial charge >= 0.3 is 0 Å². The highest BCUT2D eigenvalue weighted by Gasteiger charge is 2.41. The molecule has 1 aliphatic heterocycles. The zero-order chi connectivity index (χ0) is 20.1. The number of hydrogen-bond acceptors (Lipinski definition) is 3. The molecule has 2 aromatic rings. The summed E-state index contributed by atoms with van der Waals surface area (Å²) in [6.45, 7) is 1.61. The van der Waals surface area contributed by atoms with E-state index in [9.17, 15) is 9.18 Å². The second-order valence-corrected chi connectivity index (χ2v) is 8.21. The lowest BCUT2D eigenvalue weighted by atomic mass is 9.68. The summed E-state index contributed by atoms with van der Waals surface area (Å²) >= 11 is 0. The van der Waals surface area contributed by atoms with E-state index in [2.05, 4.69) is 10.6 Å². The molecule has 1 saturated heterocycles. The van der Waals surface area contributed by atoms with E-state index in [0.29, 0.717) is 6.04 Å². The fraction of sp³-hybridized carbons (Fsp3) is 0.458. The first-order valence-electron chi connectivity index (χ1n) is 10.7. The molecule has 29 heavy (non-hydrogen) atoms. The van der Waals surface area contributed by atoms with E-state index >= 15 is 0 Å². The summed E-state index contributed by atoms with van der Waals surface area (Å²) < 4.78 is 18.8. The van der Waals surface area contributed by atoms with E-state index in [4.69, 9.17) is 4.74 Å². The maximum atomic E-state index is 13.4. The Morgan fingerprint density at radius 2 is 1.52 bits per heavy atom. The highest BCUT2D eigenvalue weighted by atomic mass is 19.1. The lowest BCUT2D eigenvalue weighted by Crippen LogP contribution is -2.42. The first-order valence-corrected chi connectivity index (χ1v) is 10.7. The van der Waals surface area contributed by atoms with Gasteiger partial charge in [0.25, 0.3) is 0 Å². The molecule has 2 aromatic carbocycles. The van der Waals surface area contributed by atoms with Crippen LogP contribution in [0.15, 0.2) is 48.5 Å². The molecule has 1 aliphatic carbocycles. The molecular formula is C24H29FN2O2. The molecule has 0 radical (unpaired) electrons. The average molecular weight is 397 g/mol. The van der Waals surface area contributed by atoms with Crippen molar-refractivity contribution >= 4 is 17.3 Å². The Kier molecular flexibility index (Phi) is 6.14. The van der Waals surface area contributed by atoms with Crippen molar-refractivity contribution in [2.75, 3.05) is 23.8 Å². The summed E-state index contributed by atoms with van der Waals surface area (Å²) in [5, 5.41) is 6.65. The molecule has 4 rings (SSSR count). The molecular weight excluding hydrogens is 367 g/mol. The maximum Gasteiger partial charge on any atom is 0.235 e. The van der Waals surface area contributed by atoms with Gasteiger partial charge in [0.1, 0.15) is 5.82 Å². The minimum atomic E-state index is -0.578. The van der Waals surface area contributed by atoms with Crippen LogP contribution >= 0.6 is 0 Å². The summed E-state index contributed by atoms with van der Waals surface area (Å²) in [7, 11) is 0. The van der Waals surface area contributed by atoms with E-state index in [1.807, 2.05) is 24.3 Å². The lowest BCUT2D eigenvalue weighted by molar-refractivity contribution is -0.122. The van der Waals surface area contributed by atoms with Crippen molar-refractivity contribution in [2.24, 2.45) is 0 Å². The Balaban J connectivity index is 1.46. The van der Waals surface area contributed by atoms with Gasteiger partial charge in [-0.05, 0) is 67.6 Å². The summed E-state index contributed by atoms with van der Waals surface area (Å²) in [5.41, 5.74) is 2.18. The van der Waals surface area contributed by atoms with Gasteiger partial charge in [-0.25, -0.2) is 4.39 Å². The van der Waals surface area contributed by atoms with Crippen molar-refractivity contribution < 1.29 is 13.9 Å². The van der Waals surface area contributed by atoms with Crippen molar-refractivity contribution in [1.82, 2.24) is 0 Å². The molecule has 4 nitrogen and oxygen atoms in total. The van der Waals surface area contributed by atoms with Crippen molar-refractivity contribution in [2.45, 2.75) is 56.4 Å². The molecule has 154 valence electrons. The number of amides is 1. The second-order valence-electron chi connectivity index (χ2n) is 8.21. The Morgan fingerprint density at radius 1 is 0.897 bits per heavy atom. The van der Waals surface area contributed by atoms with Crippen molar-refractivity contribution in [3.63, 3.8) is 0 Å². The van der Waals surface area contributed by atoms with Crippen molar-refractivity contribution in [1.29, 1.82) is 0 Å². The quantitative estimate of drug-likeness (QED) is 0.725. The normalized spacial score (nSPS) is 19.5. The molecule has 0 spiro atoms. The zero-order valence-electron chi connectivity index (χ0n) is 16.8. The monoisotopic (exact) mass is 396 g/mol. The largest absolute Gasteiger partial charge is 0.382 e. The maximum absolute atomic E-state index is 13.4. The molecule has 1 amide bonds. The van der Waals surface area contributed by atoms with E-state index in [0.717, 1.165) is 75.1 Å². The number of nitrogens with one attached hydrogen (secondary N) is 2. The van der Waals surface area contributed by atoms with E-state index in [1.165, 1.54) is 12.1 Å². The minimum Gasteiger partial charge on any atom is -0.382 e. The van der Waals surface area contributed by atoms with Crippen LogP contribution in [0.5, 0.6) is 0 Å². The SMILES string of the molecule is O=C(Nc1ccc(NC2CCOCC2)cc1)C1(c2ccc(F)cc2)CCCCC1. The number of rotatable bonds is 5. The van der Waals surface area contributed by atoms with Gasteiger partial charge in [0.2, 0.25) is 5.91 Å². The van der Waals surface area contributed by atoms with Crippen LogP contribution in [0.2, 0.25) is 0 Å². The number of anilines is 2. The Morgan fingerprint density at radius 3 is 2.17 bits per heavy atom. The standard InChI is InChI=1S/C24H29FN2O2/c25-19-6-4-18(5-7-19)24(14-2-1-3-15-24)23(28)27-21-10-8-20(9-11-21)26-22-12-16-29-17-13-22/h4-11,22,26H,1-3,12-17H2,(H,27,28). The van der Waals surface area contributed by atoms with Gasteiger partial charge < -0.3 is 15.4 Å². The Hall–Kier alpha value is -2.40. The summed E-state index contributed by atoms with van der Waals surface area (Å²) in [4.78, 5) is 13.3. The van der Waals surface area contributed by atoms with E-state index < -0.39 is 5.41 Å². The first-order chi connectivity index (χ1) is 14.2. The number of halogens is 1. The van der Waals surface area contributed by atoms with Gasteiger partial charge in [0.15, 0.2) is 0 Å². The molecule has 2 aliphatic rings. The van der Waals surface area contributed by atoms with Gasteiger partial charge in [-0.2, -0.15) is 0 Å². The average Bonchev–Trinajstić information content (AvgIpc) is 2.77. The fourth-order valence-corrected chi connectivity index (χ4v) is 4.55. The van der Waals surface area contributed by atoms with E-state index in [-0.39, 0.29) is 11.7 Å². The van der Waals surface area contributed by atoms with Gasteiger partial charge in [-0.1, -0.05) is 31.4 Å². The third-order valence-electron chi connectivity index (χ3n) is 6.27. The van der Waals surface area contributed by atoms with Crippen molar-refractivity contribution in [3.05, 3.63) is 59.9 Å². The molecule has 1 heterocycles. The van der Waals surface area contributed by atoms with Crippen LogP contribution in [-0.4, -0.2) is 25.2 Å². The van der Waals surface area contributed by atoms with Crippen LogP contribution in [0, 0.1) is 5.82 Å². The summed E-state index contributed by atoms with van der Waals surface area (Å²) in [6, 6.07) is 14.8. The van der Waals surface area contributed by atoms with Gasteiger partial charge in [0.05, 0.1) is 5.41 Å². The fourth-order valence-electron chi connectivity index (χ4n) is 4.55. The first kappa shape index (κ1) is 19.9. The van der Waals surface area contributed by atoms with Crippen LogP contribution in [0.1, 0.15) is 50.5 Å². The third kappa shape index (κ3) is 4.61. The van der Waals surface area contributed by atoms with Crippen LogP contribution in [-0.2, 0) is 14.9 Å². The number of benzene rings is 2. The number of hydrogen-bond donors (Lipinski definition) is 2. The Labute approximate surface area is 171 Å².